The Morgan fingerprint density at radius 3 is 2.79 bits per heavy atom. The zero-order valence-corrected chi connectivity index (χ0v) is 16.0. The summed E-state index contributed by atoms with van der Waals surface area (Å²) in [6.07, 6.45) is 1.66. The maximum Gasteiger partial charge on any atom is 0.269 e. The van der Waals surface area contributed by atoms with Crippen molar-refractivity contribution in [1.82, 2.24) is 14.8 Å². The number of thiazole rings is 1. The van der Waals surface area contributed by atoms with Crippen LogP contribution in [-0.4, -0.2) is 25.6 Å². The lowest BCUT2D eigenvalue weighted by atomic mass is 10.1. The molecule has 0 radical (unpaired) electrons. The van der Waals surface area contributed by atoms with E-state index in [0.717, 1.165) is 5.69 Å². The summed E-state index contributed by atoms with van der Waals surface area (Å²) in [4.78, 5) is 27.2. The number of benzene rings is 1. The Morgan fingerprint density at radius 1 is 1.31 bits per heavy atom. The zero-order chi connectivity index (χ0) is 20.4. The highest BCUT2D eigenvalue weighted by atomic mass is 32.1. The Balaban J connectivity index is 1.51. The van der Waals surface area contributed by atoms with Crippen molar-refractivity contribution in [1.29, 1.82) is 0 Å². The zero-order valence-electron chi connectivity index (χ0n) is 15.2. The normalized spacial score (nSPS) is 10.8. The summed E-state index contributed by atoms with van der Waals surface area (Å²) in [6.45, 7) is 1.82. The molecule has 0 saturated carbocycles. The van der Waals surface area contributed by atoms with Gasteiger partial charge in [-0.2, -0.15) is 9.78 Å². The van der Waals surface area contributed by atoms with Gasteiger partial charge in [-0.3, -0.25) is 14.9 Å². The van der Waals surface area contributed by atoms with Crippen LogP contribution in [0.4, 0.5) is 11.5 Å². The molecule has 4 aromatic rings. The van der Waals surface area contributed by atoms with Crippen molar-refractivity contribution < 1.29 is 14.1 Å². The first kappa shape index (κ1) is 18.6. The smallest absolute Gasteiger partial charge is 0.269 e. The molecule has 0 unspecified atom stereocenters. The van der Waals surface area contributed by atoms with Crippen LogP contribution in [0.2, 0.25) is 0 Å². The number of nitro groups is 1. The Hall–Kier alpha value is -3.79. The first-order valence-electron chi connectivity index (χ1n) is 8.59. The van der Waals surface area contributed by atoms with Crippen LogP contribution < -0.4 is 5.32 Å². The molecule has 1 amide bonds. The van der Waals surface area contributed by atoms with E-state index in [-0.39, 0.29) is 18.0 Å². The predicted molar refractivity (Wildman–Crippen MR) is 107 cm³/mol. The third-order valence-electron chi connectivity index (χ3n) is 4.06. The molecule has 0 aliphatic carbocycles. The SMILES string of the molecule is Cc1cc(NC(=O)Cc2ccc([N+](=O)[O-])cc2)n(-c2nc(-c3ccco3)cs2)n1. The lowest BCUT2D eigenvalue weighted by Crippen LogP contribution is -2.17. The molecule has 0 aliphatic heterocycles. The number of amides is 1. The minimum atomic E-state index is -0.476. The van der Waals surface area contributed by atoms with E-state index in [1.54, 1.807) is 35.2 Å². The minimum absolute atomic E-state index is 0.0148. The maximum atomic E-state index is 12.5. The summed E-state index contributed by atoms with van der Waals surface area (Å²) in [6, 6.07) is 11.2. The molecule has 0 fully saturated rings. The number of aromatic nitrogens is 3. The Labute approximate surface area is 168 Å². The van der Waals surface area contributed by atoms with Crippen LogP contribution in [0.5, 0.6) is 0 Å². The van der Waals surface area contributed by atoms with Gasteiger partial charge in [0.25, 0.3) is 5.69 Å². The summed E-state index contributed by atoms with van der Waals surface area (Å²) in [5.74, 6) is 0.887. The quantitative estimate of drug-likeness (QED) is 0.380. The van der Waals surface area contributed by atoms with Gasteiger partial charge >= 0.3 is 0 Å². The van der Waals surface area contributed by atoms with Gasteiger partial charge < -0.3 is 9.73 Å². The Bertz CT molecular complexity index is 1160. The molecule has 0 bridgehead atoms. The fourth-order valence-electron chi connectivity index (χ4n) is 2.74. The number of hydrogen-bond donors (Lipinski definition) is 1. The summed E-state index contributed by atoms with van der Waals surface area (Å²) in [5.41, 5.74) is 2.07. The molecule has 0 spiro atoms. The second kappa shape index (κ2) is 7.68. The second-order valence-corrected chi connectivity index (χ2v) is 7.06. The second-order valence-electron chi connectivity index (χ2n) is 6.22. The molecule has 29 heavy (non-hydrogen) atoms. The molecule has 9 nitrogen and oxygen atoms in total. The molecule has 1 aromatic carbocycles. The molecular weight excluding hydrogens is 394 g/mol. The van der Waals surface area contributed by atoms with Gasteiger partial charge in [-0.05, 0) is 24.6 Å². The number of rotatable bonds is 6. The topological polar surface area (TPSA) is 116 Å². The van der Waals surface area contributed by atoms with Crippen LogP contribution in [0.1, 0.15) is 11.3 Å². The average molecular weight is 409 g/mol. The van der Waals surface area contributed by atoms with Crippen LogP contribution in [0.15, 0.2) is 58.5 Å². The van der Waals surface area contributed by atoms with Gasteiger partial charge in [0.05, 0.1) is 23.3 Å². The highest BCUT2D eigenvalue weighted by Crippen LogP contribution is 2.26. The van der Waals surface area contributed by atoms with E-state index in [2.05, 4.69) is 15.4 Å². The standard InChI is InChI=1S/C19H15N5O4S/c1-12-9-17(21-18(25)10-13-4-6-14(7-5-13)24(26)27)23(22-12)19-20-15(11-29-19)16-3-2-8-28-16/h2-9,11H,10H2,1H3,(H,21,25). The van der Waals surface area contributed by atoms with Crippen molar-refractivity contribution in [2.45, 2.75) is 13.3 Å². The lowest BCUT2D eigenvalue weighted by molar-refractivity contribution is -0.384. The summed E-state index contributed by atoms with van der Waals surface area (Å²) in [5, 5.41) is 20.4. The fourth-order valence-corrected chi connectivity index (χ4v) is 3.52. The summed E-state index contributed by atoms with van der Waals surface area (Å²) >= 11 is 1.38. The van der Waals surface area contributed by atoms with Crippen LogP contribution >= 0.6 is 11.3 Å². The van der Waals surface area contributed by atoms with Crippen LogP contribution in [0.3, 0.4) is 0 Å². The number of hydrogen-bond acceptors (Lipinski definition) is 7. The predicted octanol–water partition coefficient (Wildman–Crippen LogP) is 3.99. The molecule has 0 saturated heterocycles. The number of carbonyl (C=O) groups is 1. The van der Waals surface area contributed by atoms with E-state index in [0.29, 0.717) is 28.0 Å². The lowest BCUT2D eigenvalue weighted by Gasteiger charge is -2.06. The van der Waals surface area contributed by atoms with E-state index in [1.165, 1.54) is 23.5 Å². The third-order valence-corrected chi connectivity index (χ3v) is 4.87. The number of carbonyl (C=O) groups excluding carboxylic acids is 1. The van der Waals surface area contributed by atoms with Crippen LogP contribution in [0, 0.1) is 17.0 Å². The number of nitrogens with zero attached hydrogens (tertiary/aromatic N) is 4. The van der Waals surface area contributed by atoms with Crippen molar-refractivity contribution >= 4 is 28.7 Å². The van der Waals surface area contributed by atoms with E-state index in [4.69, 9.17) is 4.42 Å². The summed E-state index contributed by atoms with van der Waals surface area (Å²) in [7, 11) is 0. The number of non-ortho nitro benzene ring substituents is 1. The van der Waals surface area contributed by atoms with Gasteiger partial charge in [0, 0.05) is 23.6 Å². The van der Waals surface area contributed by atoms with E-state index >= 15 is 0 Å². The average Bonchev–Trinajstić information content (AvgIpc) is 3.42. The summed E-state index contributed by atoms with van der Waals surface area (Å²) < 4.78 is 6.93. The number of anilines is 1. The number of nitrogens with one attached hydrogen (secondary N) is 1. The monoisotopic (exact) mass is 409 g/mol. The first-order chi connectivity index (χ1) is 14.0. The van der Waals surface area contributed by atoms with Gasteiger partial charge in [-0.25, -0.2) is 4.98 Å². The molecule has 3 heterocycles. The molecule has 1 N–H and O–H groups in total. The Morgan fingerprint density at radius 2 is 2.10 bits per heavy atom. The number of aryl methyl sites for hydroxylation is 1. The van der Waals surface area contributed by atoms with Crippen molar-refractivity contribution in [3.05, 3.63) is 75.5 Å². The molecule has 0 aliphatic rings. The van der Waals surface area contributed by atoms with E-state index in [1.807, 2.05) is 18.4 Å². The molecular formula is C19H15N5O4S. The van der Waals surface area contributed by atoms with Gasteiger partial charge in [0.2, 0.25) is 11.0 Å². The molecule has 146 valence electrons. The largest absolute Gasteiger partial charge is 0.463 e. The first-order valence-corrected chi connectivity index (χ1v) is 9.47. The van der Waals surface area contributed by atoms with Crippen molar-refractivity contribution in [3.63, 3.8) is 0 Å². The van der Waals surface area contributed by atoms with Gasteiger partial charge in [0.15, 0.2) is 5.76 Å². The number of furan rings is 1. The van der Waals surface area contributed by atoms with Gasteiger partial charge in [-0.15, -0.1) is 11.3 Å². The Kier molecular flexibility index (Phi) is 4.92. The van der Waals surface area contributed by atoms with Gasteiger partial charge in [-0.1, -0.05) is 12.1 Å². The third kappa shape index (κ3) is 4.06. The fraction of sp³-hybridized carbons (Fsp3) is 0.105. The van der Waals surface area contributed by atoms with E-state index < -0.39 is 4.92 Å². The molecule has 10 heteroatoms. The highest BCUT2D eigenvalue weighted by molar-refractivity contribution is 7.12. The van der Waals surface area contributed by atoms with Crippen LogP contribution in [-0.2, 0) is 11.2 Å². The molecule has 0 atom stereocenters. The van der Waals surface area contributed by atoms with Crippen molar-refractivity contribution in [3.8, 4) is 16.6 Å². The molecule has 4 rings (SSSR count). The maximum absolute atomic E-state index is 12.5. The van der Waals surface area contributed by atoms with Gasteiger partial charge in [0.1, 0.15) is 11.5 Å². The molecule has 3 aromatic heterocycles. The highest BCUT2D eigenvalue weighted by Gasteiger charge is 2.16. The van der Waals surface area contributed by atoms with E-state index in [9.17, 15) is 14.9 Å². The van der Waals surface area contributed by atoms with Crippen molar-refractivity contribution in [2.24, 2.45) is 0 Å². The number of nitro benzene ring substituents is 1. The minimum Gasteiger partial charge on any atom is -0.463 e. The van der Waals surface area contributed by atoms with Crippen LogP contribution in [0.25, 0.3) is 16.6 Å². The van der Waals surface area contributed by atoms with Crippen molar-refractivity contribution in [2.75, 3.05) is 5.32 Å².